The van der Waals surface area contributed by atoms with Crippen molar-refractivity contribution in [2.45, 2.75) is 19.4 Å². The highest BCUT2D eigenvalue weighted by Crippen LogP contribution is 2.23. The smallest absolute Gasteiger partial charge is 0.276 e. The number of piperazine rings is 1. The number of fused-ring (bicyclic) bond motifs is 1. The first kappa shape index (κ1) is 25.3. The Morgan fingerprint density at radius 2 is 2.05 bits per heavy atom. The molecule has 3 heterocycles. The summed E-state index contributed by atoms with van der Waals surface area (Å²) in [7, 11) is 0. The molecule has 1 aliphatic carbocycles. The lowest BCUT2D eigenvalue weighted by molar-refractivity contribution is 0.0613. The van der Waals surface area contributed by atoms with Gasteiger partial charge in [-0.2, -0.15) is 0 Å². The molecule has 1 aromatic carbocycles. The second kappa shape index (κ2) is 11.4. The third kappa shape index (κ3) is 6.16. The number of rotatable bonds is 8. The molecule has 5 rings (SSSR count). The molecule has 3 aromatic rings. The van der Waals surface area contributed by atoms with Gasteiger partial charge in [0.2, 0.25) is 5.95 Å². The number of aryl methyl sites for hydroxylation is 1. The highest BCUT2D eigenvalue weighted by atomic mass is 79.9. The summed E-state index contributed by atoms with van der Waals surface area (Å²) in [6.45, 7) is 7.56. The Bertz CT molecular complexity index is 1310. The molecule has 2 amide bonds. The van der Waals surface area contributed by atoms with E-state index in [0.29, 0.717) is 24.7 Å². The number of H-pyrrole nitrogens is 2. The zero-order chi connectivity index (χ0) is 25.8. The van der Waals surface area contributed by atoms with Crippen molar-refractivity contribution in [3.05, 3.63) is 63.4 Å². The Morgan fingerprint density at radius 1 is 1.22 bits per heavy atom. The van der Waals surface area contributed by atoms with Gasteiger partial charge in [0.05, 0.1) is 30.4 Å². The third-order valence-corrected chi connectivity index (χ3v) is 6.89. The molecule has 0 saturated carbocycles. The standard InChI is InChI=1S/C25H29BrN8O3/c1-15-2-3-16(26)12-19(15)30-23(35)21-22(29-14-28-21)24(36)33-25-31-18-5-4-17(13-20(18)32-25)37-11-10-34-8-6-27-7-9-34/h2-5,12,14,17,27H,6-11,13H2,1H3,(H,28,29)(H,30,35)(H2,31,32,33,36). The van der Waals surface area contributed by atoms with Crippen LogP contribution in [0.5, 0.6) is 0 Å². The van der Waals surface area contributed by atoms with E-state index in [2.05, 4.69) is 56.7 Å². The predicted molar refractivity (Wildman–Crippen MR) is 144 cm³/mol. The number of hydrogen-bond donors (Lipinski definition) is 5. The molecule has 1 fully saturated rings. The maximum Gasteiger partial charge on any atom is 0.276 e. The van der Waals surface area contributed by atoms with Gasteiger partial charge in [0, 0.05) is 49.3 Å². The SMILES string of the molecule is Cc1ccc(Br)cc1NC(=O)c1nc[nH]c1C(=O)Nc1nc2c([nH]1)C=CC(OCCN1CCNCC1)C2. The van der Waals surface area contributed by atoms with Crippen molar-refractivity contribution >= 4 is 45.5 Å². The van der Waals surface area contributed by atoms with E-state index in [1.54, 1.807) is 6.07 Å². The number of aromatic nitrogens is 4. The Balaban J connectivity index is 1.18. The summed E-state index contributed by atoms with van der Waals surface area (Å²) in [5.74, 6) is -0.715. The number of halogens is 1. The van der Waals surface area contributed by atoms with E-state index in [1.807, 2.05) is 31.2 Å². The summed E-state index contributed by atoms with van der Waals surface area (Å²) in [5, 5.41) is 8.89. The van der Waals surface area contributed by atoms with E-state index >= 15 is 0 Å². The molecule has 1 unspecified atom stereocenters. The van der Waals surface area contributed by atoms with Gasteiger partial charge < -0.3 is 25.3 Å². The summed E-state index contributed by atoms with van der Waals surface area (Å²) in [6.07, 6.45) is 5.79. The molecule has 5 N–H and O–H groups in total. The summed E-state index contributed by atoms with van der Waals surface area (Å²) in [4.78, 5) is 42.7. The van der Waals surface area contributed by atoms with E-state index in [-0.39, 0.29) is 17.5 Å². The number of anilines is 2. The number of nitrogens with zero attached hydrogens (tertiary/aromatic N) is 3. The largest absolute Gasteiger partial charge is 0.372 e. The number of nitrogens with one attached hydrogen (secondary N) is 5. The van der Waals surface area contributed by atoms with E-state index < -0.39 is 11.8 Å². The zero-order valence-corrected chi connectivity index (χ0v) is 22.0. The van der Waals surface area contributed by atoms with Gasteiger partial charge in [0.25, 0.3) is 11.8 Å². The molecular formula is C25H29BrN8O3. The van der Waals surface area contributed by atoms with Crippen LogP contribution in [0, 0.1) is 6.92 Å². The van der Waals surface area contributed by atoms with E-state index in [1.165, 1.54) is 6.33 Å². The van der Waals surface area contributed by atoms with Crippen molar-refractivity contribution in [1.82, 2.24) is 30.2 Å². The Kier molecular flexibility index (Phi) is 7.79. The second-order valence-corrected chi connectivity index (χ2v) is 9.92. The van der Waals surface area contributed by atoms with Crippen molar-refractivity contribution in [1.29, 1.82) is 0 Å². The molecule has 2 aromatic heterocycles. The van der Waals surface area contributed by atoms with Crippen LogP contribution in [-0.2, 0) is 11.2 Å². The van der Waals surface area contributed by atoms with Crippen molar-refractivity contribution in [2.24, 2.45) is 0 Å². The highest BCUT2D eigenvalue weighted by molar-refractivity contribution is 9.10. The van der Waals surface area contributed by atoms with Crippen molar-refractivity contribution in [2.75, 3.05) is 50.0 Å². The first-order chi connectivity index (χ1) is 18.0. The summed E-state index contributed by atoms with van der Waals surface area (Å²) in [6, 6.07) is 5.56. The van der Waals surface area contributed by atoms with Crippen molar-refractivity contribution in [3.63, 3.8) is 0 Å². The fourth-order valence-electron chi connectivity index (χ4n) is 4.34. The number of aromatic amines is 2. The van der Waals surface area contributed by atoms with Gasteiger partial charge >= 0.3 is 0 Å². The summed E-state index contributed by atoms with van der Waals surface area (Å²) in [5.41, 5.74) is 3.19. The maximum atomic E-state index is 13.0. The van der Waals surface area contributed by atoms with Crippen LogP contribution in [0.2, 0.25) is 0 Å². The molecule has 2 aliphatic rings. The topological polar surface area (TPSA) is 140 Å². The van der Waals surface area contributed by atoms with Gasteiger partial charge in [0.1, 0.15) is 5.69 Å². The van der Waals surface area contributed by atoms with E-state index in [9.17, 15) is 9.59 Å². The molecule has 0 radical (unpaired) electrons. The quantitative estimate of drug-likeness (QED) is 0.281. The molecule has 12 heteroatoms. The van der Waals surface area contributed by atoms with Crippen LogP contribution in [-0.4, -0.2) is 82.1 Å². The lowest BCUT2D eigenvalue weighted by atomic mass is 10.1. The minimum Gasteiger partial charge on any atom is -0.372 e. The first-order valence-corrected chi connectivity index (χ1v) is 13.0. The second-order valence-electron chi connectivity index (χ2n) is 9.00. The average molecular weight is 569 g/mol. The van der Waals surface area contributed by atoms with Crippen LogP contribution in [0.4, 0.5) is 11.6 Å². The maximum absolute atomic E-state index is 13.0. The lowest BCUT2D eigenvalue weighted by Crippen LogP contribution is -2.44. The Hall–Kier alpha value is -3.32. The molecule has 37 heavy (non-hydrogen) atoms. The van der Waals surface area contributed by atoms with Crippen LogP contribution in [0.15, 0.2) is 35.1 Å². The average Bonchev–Trinajstić information content (AvgIpc) is 3.54. The van der Waals surface area contributed by atoms with E-state index in [4.69, 9.17) is 4.74 Å². The van der Waals surface area contributed by atoms with Crippen LogP contribution in [0.25, 0.3) is 6.08 Å². The van der Waals surface area contributed by atoms with Crippen molar-refractivity contribution < 1.29 is 14.3 Å². The third-order valence-electron chi connectivity index (χ3n) is 6.39. The number of ether oxygens (including phenoxy) is 1. The number of carbonyl (C=O) groups is 2. The molecule has 194 valence electrons. The van der Waals surface area contributed by atoms with Gasteiger partial charge in [0.15, 0.2) is 5.69 Å². The summed E-state index contributed by atoms with van der Waals surface area (Å²) >= 11 is 3.40. The van der Waals surface area contributed by atoms with Crippen LogP contribution in [0.3, 0.4) is 0 Å². The number of imidazole rings is 2. The predicted octanol–water partition coefficient (Wildman–Crippen LogP) is 2.57. The summed E-state index contributed by atoms with van der Waals surface area (Å²) < 4.78 is 6.88. The zero-order valence-electron chi connectivity index (χ0n) is 20.4. The fourth-order valence-corrected chi connectivity index (χ4v) is 4.70. The molecule has 0 bridgehead atoms. The first-order valence-electron chi connectivity index (χ1n) is 12.2. The lowest BCUT2D eigenvalue weighted by Gasteiger charge is -2.27. The van der Waals surface area contributed by atoms with Crippen LogP contribution < -0.4 is 16.0 Å². The van der Waals surface area contributed by atoms with Crippen LogP contribution in [0.1, 0.15) is 37.9 Å². The number of amides is 2. The molecule has 1 aliphatic heterocycles. The van der Waals surface area contributed by atoms with Gasteiger partial charge in [-0.3, -0.25) is 19.8 Å². The van der Waals surface area contributed by atoms with Gasteiger partial charge in [-0.15, -0.1) is 0 Å². The van der Waals surface area contributed by atoms with Crippen LogP contribution >= 0.6 is 15.9 Å². The normalized spacial score (nSPS) is 17.4. The number of benzene rings is 1. The number of hydrogen-bond acceptors (Lipinski definition) is 7. The Morgan fingerprint density at radius 3 is 2.89 bits per heavy atom. The molecular weight excluding hydrogens is 540 g/mol. The van der Waals surface area contributed by atoms with Gasteiger partial charge in [-0.1, -0.05) is 28.1 Å². The number of carbonyl (C=O) groups excluding carboxylic acids is 2. The van der Waals surface area contributed by atoms with Gasteiger partial charge in [-0.25, -0.2) is 9.97 Å². The minimum atomic E-state index is -0.521. The van der Waals surface area contributed by atoms with Crippen molar-refractivity contribution in [3.8, 4) is 0 Å². The molecule has 1 atom stereocenters. The molecule has 0 spiro atoms. The molecule has 11 nitrogen and oxygen atoms in total. The van der Waals surface area contributed by atoms with E-state index in [0.717, 1.165) is 54.1 Å². The monoisotopic (exact) mass is 568 g/mol. The molecule has 1 saturated heterocycles. The highest BCUT2D eigenvalue weighted by Gasteiger charge is 2.24. The van der Waals surface area contributed by atoms with Gasteiger partial charge in [-0.05, 0) is 30.7 Å². The minimum absolute atomic E-state index is 0.00829. The fraction of sp³-hybridized carbons (Fsp3) is 0.360. The Labute approximate surface area is 222 Å².